The van der Waals surface area contributed by atoms with Gasteiger partial charge in [0.15, 0.2) is 5.96 Å². The highest BCUT2D eigenvalue weighted by atomic mass is 127. The van der Waals surface area contributed by atoms with Crippen molar-refractivity contribution in [2.45, 2.75) is 46.1 Å². The third-order valence-electron chi connectivity index (χ3n) is 2.91. The molecule has 0 aromatic carbocycles. The second-order valence-corrected chi connectivity index (χ2v) is 5.83. The van der Waals surface area contributed by atoms with Crippen LogP contribution in [0.15, 0.2) is 4.99 Å². The minimum Gasteiger partial charge on any atom is -0.376 e. The first-order valence-corrected chi connectivity index (χ1v) is 6.57. The van der Waals surface area contributed by atoms with Crippen LogP contribution < -0.4 is 10.6 Å². The van der Waals surface area contributed by atoms with Crippen molar-refractivity contribution in [2.24, 2.45) is 10.4 Å². The molecule has 0 aromatic heterocycles. The molecular weight excluding hydrogens is 341 g/mol. The lowest BCUT2D eigenvalue weighted by Crippen LogP contribution is -2.41. The molecule has 1 saturated heterocycles. The maximum Gasteiger partial charge on any atom is 0.191 e. The Labute approximate surface area is 128 Å². The fourth-order valence-electron chi connectivity index (χ4n) is 1.79. The van der Waals surface area contributed by atoms with E-state index in [4.69, 9.17) is 4.74 Å². The lowest BCUT2D eigenvalue weighted by Gasteiger charge is -2.20. The van der Waals surface area contributed by atoms with Crippen LogP contribution in [0.2, 0.25) is 0 Å². The van der Waals surface area contributed by atoms with Crippen LogP contribution in [0.25, 0.3) is 0 Å². The Bertz CT molecular complexity index is 245. The second kappa shape index (κ2) is 8.96. The van der Waals surface area contributed by atoms with Crippen molar-refractivity contribution >= 4 is 29.9 Å². The van der Waals surface area contributed by atoms with Crippen LogP contribution >= 0.6 is 24.0 Å². The van der Waals surface area contributed by atoms with Crippen molar-refractivity contribution in [2.75, 3.05) is 26.7 Å². The highest BCUT2D eigenvalue weighted by Crippen LogP contribution is 2.16. The van der Waals surface area contributed by atoms with E-state index in [9.17, 15) is 0 Å². The van der Waals surface area contributed by atoms with Gasteiger partial charge < -0.3 is 15.4 Å². The minimum absolute atomic E-state index is 0. The predicted molar refractivity (Wildman–Crippen MR) is 87.8 cm³/mol. The zero-order valence-corrected chi connectivity index (χ0v) is 14.4. The van der Waals surface area contributed by atoms with Crippen LogP contribution in [-0.4, -0.2) is 38.8 Å². The van der Waals surface area contributed by atoms with Gasteiger partial charge in [0.05, 0.1) is 6.10 Å². The fourth-order valence-corrected chi connectivity index (χ4v) is 1.79. The molecule has 2 N–H and O–H groups in total. The first-order chi connectivity index (χ1) is 8.01. The summed E-state index contributed by atoms with van der Waals surface area (Å²) in [7, 11) is 1.81. The molecule has 0 spiro atoms. The summed E-state index contributed by atoms with van der Waals surface area (Å²) in [5.41, 5.74) is 0.362. The van der Waals surface area contributed by atoms with Crippen LogP contribution in [0.3, 0.4) is 0 Å². The monoisotopic (exact) mass is 369 g/mol. The Morgan fingerprint density at radius 1 is 1.33 bits per heavy atom. The number of hydrogen-bond acceptors (Lipinski definition) is 2. The Kier molecular flexibility index (Phi) is 8.94. The van der Waals surface area contributed by atoms with Gasteiger partial charge in [-0.2, -0.15) is 0 Å². The number of guanidine groups is 1. The molecule has 0 amide bonds. The number of halogens is 1. The van der Waals surface area contributed by atoms with Crippen molar-refractivity contribution in [3.8, 4) is 0 Å². The standard InChI is InChI=1S/C13H27N3O.HI/c1-13(2,3)7-8-15-12(14-4)16-10-11-6-5-9-17-11;/h11H,5-10H2,1-4H3,(H2,14,15,16);1H. The first kappa shape index (κ1) is 18.0. The Hall–Kier alpha value is -0.0400. The number of nitrogens with one attached hydrogen (secondary N) is 2. The van der Waals surface area contributed by atoms with Gasteiger partial charge in [0.1, 0.15) is 0 Å². The maximum atomic E-state index is 5.56. The Balaban J connectivity index is 0.00000289. The quantitative estimate of drug-likeness (QED) is 0.455. The van der Waals surface area contributed by atoms with Gasteiger partial charge in [0, 0.05) is 26.7 Å². The Morgan fingerprint density at radius 3 is 2.56 bits per heavy atom. The zero-order valence-electron chi connectivity index (χ0n) is 12.1. The van der Waals surface area contributed by atoms with Crippen molar-refractivity contribution in [3.05, 3.63) is 0 Å². The van der Waals surface area contributed by atoms with E-state index in [1.807, 2.05) is 7.05 Å². The molecule has 1 aliphatic rings. The number of hydrogen-bond donors (Lipinski definition) is 2. The summed E-state index contributed by atoms with van der Waals surface area (Å²) in [5, 5.41) is 6.64. The number of rotatable bonds is 4. The molecule has 0 radical (unpaired) electrons. The molecular formula is C13H28IN3O. The summed E-state index contributed by atoms with van der Waals surface area (Å²) in [6, 6.07) is 0. The van der Waals surface area contributed by atoms with E-state index >= 15 is 0 Å². The van der Waals surface area contributed by atoms with Crippen LogP contribution in [-0.2, 0) is 4.74 Å². The van der Waals surface area contributed by atoms with E-state index < -0.39 is 0 Å². The van der Waals surface area contributed by atoms with Crippen molar-refractivity contribution in [1.29, 1.82) is 0 Å². The van der Waals surface area contributed by atoms with Crippen molar-refractivity contribution < 1.29 is 4.74 Å². The molecule has 0 bridgehead atoms. The molecule has 18 heavy (non-hydrogen) atoms. The smallest absolute Gasteiger partial charge is 0.191 e. The summed E-state index contributed by atoms with van der Waals surface area (Å²) in [5.74, 6) is 0.879. The lowest BCUT2D eigenvalue weighted by molar-refractivity contribution is 0.114. The van der Waals surface area contributed by atoms with Gasteiger partial charge in [-0.15, -0.1) is 24.0 Å². The first-order valence-electron chi connectivity index (χ1n) is 6.57. The molecule has 0 saturated carbocycles. The topological polar surface area (TPSA) is 45.7 Å². The van der Waals surface area contributed by atoms with E-state index in [1.165, 1.54) is 6.42 Å². The van der Waals surface area contributed by atoms with Gasteiger partial charge in [-0.25, -0.2) is 0 Å². The predicted octanol–water partition coefficient (Wildman–Crippen LogP) is 2.38. The van der Waals surface area contributed by atoms with Crippen molar-refractivity contribution in [1.82, 2.24) is 10.6 Å². The Morgan fingerprint density at radius 2 is 2.06 bits per heavy atom. The lowest BCUT2D eigenvalue weighted by atomic mass is 9.92. The average molecular weight is 369 g/mol. The molecule has 1 fully saturated rings. The van der Waals surface area contributed by atoms with Gasteiger partial charge in [-0.1, -0.05) is 20.8 Å². The number of aliphatic imine (C=N–C) groups is 1. The van der Waals surface area contributed by atoms with E-state index in [2.05, 4.69) is 36.4 Å². The maximum absolute atomic E-state index is 5.56. The molecule has 1 heterocycles. The summed E-state index contributed by atoms with van der Waals surface area (Å²) < 4.78 is 5.56. The third kappa shape index (κ3) is 8.13. The molecule has 0 aromatic rings. The van der Waals surface area contributed by atoms with E-state index in [-0.39, 0.29) is 24.0 Å². The van der Waals surface area contributed by atoms with Gasteiger partial charge in [-0.05, 0) is 24.7 Å². The molecule has 1 atom stereocenters. The molecule has 1 rings (SSSR count). The van der Waals surface area contributed by atoms with Gasteiger partial charge >= 0.3 is 0 Å². The average Bonchev–Trinajstić information content (AvgIpc) is 2.74. The van der Waals surface area contributed by atoms with E-state index in [1.54, 1.807) is 0 Å². The normalized spacial score (nSPS) is 20.4. The van der Waals surface area contributed by atoms with Crippen LogP contribution in [0.5, 0.6) is 0 Å². The van der Waals surface area contributed by atoms with Crippen LogP contribution in [0, 0.1) is 5.41 Å². The van der Waals surface area contributed by atoms with E-state index in [0.717, 1.165) is 38.5 Å². The van der Waals surface area contributed by atoms with Crippen LogP contribution in [0.4, 0.5) is 0 Å². The van der Waals surface area contributed by atoms with Crippen LogP contribution in [0.1, 0.15) is 40.0 Å². The van der Waals surface area contributed by atoms with E-state index in [0.29, 0.717) is 11.5 Å². The van der Waals surface area contributed by atoms with Gasteiger partial charge in [-0.3, -0.25) is 4.99 Å². The minimum atomic E-state index is 0. The summed E-state index contributed by atoms with van der Waals surface area (Å²) in [6.07, 6.45) is 3.83. The molecule has 1 aliphatic heterocycles. The summed E-state index contributed by atoms with van der Waals surface area (Å²) in [4.78, 5) is 4.21. The SMILES string of the molecule is CN=C(NCCC(C)(C)C)NCC1CCCO1.I. The van der Waals surface area contributed by atoms with Gasteiger partial charge in [0.25, 0.3) is 0 Å². The number of ether oxygens (including phenoxy) is 1. The van der Waals surface area contributed by atoms with Gasteiger partial charge in [0.2, 0.25) is 0 Å². The highest BCUT2D eigenvalue weighted by molar-refractivity contribution is 14.0. The summed E-state index contributed by atoms with van der Waals surface area (Å²) >= 11 is 0. The summed E-state index contributed by atoms with van der Waals surface area (Å²) in [6.45, 7) is 9.46. The largest absolute Gasteiger partial charge is 0.376 e. The van der Waals surface area contributed by atoms with Crippen molar-refractivity contribution in [3.63, 3.8) is 0 Å². The molecule has 108 valence electrons. The highest BCUT2D eigenvalue weighted by Gasteiger charge is 2.15. The molecule has 5 heteroatoms. The second-order valence-electron chi connectivity index (χ2n) is 5.83. The molecule has 0 aliphatic carbocycles. The molecule has 4 nitrogen and oxygen atoms in total. The number of nitrogens with zero attached hydrogens (tertiary/aromatic N) is 1. The zero-order chi connectivity index (χ0) is 12.7. The molecule has 1 unspecified atom stereocenters. The third-order valence-corrected chi connectivity index (χ3v) is 2.91. The fraction of sp³-hybridized carbons (Fsp3) is 0.923.